The normalized spacial score (nSPS) is 33.9. The summed E-state index contributed by atoms with van der Waals surface area (Å²) in [5.74, 6) is 0.111. The highest BCUT2D eigenvalue weighted by atomic mass is 31.2. The van der Waals surface area contributed by atoms with E-state index < -0.39 is 19.9 Å². The highest BCUT2D eigenvalue weighted by molar-refractivity contribution is 7.46. The number of hydrogen-bond acceptors (Lipinski definition) is 3. The maximum absolute atomic E-state index is 10.6. The second-order valence-electron chi connectivity index (χ2n) is 3.75. The zero-order valence-corrected chi connectivity index (χ0v) is 9.05. The highest BCUT2D eigenvalue weighted by Gasteiger charge is 2.39. The molecule has 1 aliphatic heterocycles. The van der Waals surface area contributed by atoms with Gasteiger partial charge in [0.15, 0.2) is 0 Å². The zero-order chi connectivity index (χ0) is 10.9. The van der Waals surface area contributed by atoms with Gasteiger partial charge in [0.1, 0.15) is 7.85 Å². The van der Waals surface area contributed by atoms with Crippen LogP contribution in [0.15, 0.2) is 0 Å². The molecule has 0 aromatic carbocycles. The quantitative estimate of drug-likeness (QED) is 0.531. The first-order valence-electron chi connectivity index (χ1n) is 4.44. The van der Waals surface area contributed by atoms with Gasteiger partial charge in [-0.2, -0.15) is 0 Å². The maximum atomic E-state index is 10.6. The lowest BCUT2D eigenvalue weighted by Gasteiger charge is -2.22. The van der Waals surface area contributed by atoms with E-state index in [2.05, 4.69) is 4.52 Å². The fraction of sp³-hybridized carbons (Fsp3) is 1.00. The molecule has 3 atom stereocenters. The monoisotopic (exact) mass is 220 g/mol. The fourth-order valence-corrected chi connectivity index (χ4v) is 2.13. The molecular formula is C7H14BO5P. The number of rotatable bonds is 3. The van der Waals surface area contributed by atoms with E-state index in [9.17, 15) is 4.57 Å². The first-order chi connectivity index (χ1) is 6.29. The third-order valence-electron chi connectivity index (χ3n) is 2.09. The van der Waals surface area contributed by atoms with Crippen LogP contribution in [0.25, 0.3) is 0 Å². The van der Waals surface area contributed by atoms with Gasteiger partial charge in [0.25, 0.3) is 0 Å². The summed E-state index contributed by atoms with van der Waals surface area (Å²) in [6.07, 6.45) is -0.656. The van der Waals surface area contributed by atoms with Crippen LogP contribution >= 0.6 is 7.82 Å². The Bertz CT molecular complexity index is 240. The molecule has 1 saturated heterocycles. The van der Waals surface area contributed by atoms with Crippen molar-refractivity contribution in [1.29, 1.82) is 0 Å². The van der Waals surface area contributed by atoms with Gasteiger partial charge in [0, 0.05) is 6.00 Å². The van der Waals surface area contributed by atoms with Crippen LogP contribution in [0.1, 0.15) is 20.3 Å². The summed E-state index contributed by atoms with van der Waals surface area (Å²) in [6.45, 7) is 3.78. The number of phosphoric acid groups is 1. The summed E-state index contributed by atoms with van der Waals surface area (Å²) in [6, 6.07) is -0.501. The molecule has 0 saturated carbocycles. The zero-order valence-electron chi connectivity index (χ0n) is 8.16. The van der Waals surface area contributed by atoms with Crippen molar-refractivity contribution in [2.75, 3.05) is 0 Å². The standard InChI is InChI=1S/C7H14BO5P/c1-4(2)7-5(3-6(8)12-7)13-14(9,10)11/h4-7H,3H2,1-2H3,(H2,9,10,11). The van der Waals surface area contributed by atoms with Crippen LogP contribution in [-0.4, -0.2) is 35.8 Å². The van der Waals surface area contributed by atoms with Crippen LogP contribution in [0.2, 0.25) is 0 Å². The molecule has 2 radical (unpaired) electrons. The van der Waals surface area contributed by atoms with E-state index in [1.807, 2.05) is 13.8 Å². The topological polar surface area (TPSA) is 76.0 Å². The van der Waals surface area contributed by atoms with E-state index in [4.69, 9.17) is 22.4 Å². The van der Waals surface area contributed by atoms with Crippen LogP contribution in [0.3, 0.4) is 0 Å². The minimum absolute atomic E-state index is 0.111. The molecule has 3 unspecified atom stereocenters. The lowest BCUT2D eigenvalue weighted by Crippen LogP contribution is -2.28. The highest BCUT2D eigenvalue weighted by Crippen LogP contribution is 2.42. The molecule has 0 bridgehead atoms. The second kappa shape index (κ2) is 4.33. The number of hydrogen-bond donors (Lipinski definition) is 2. The van der Waals surface area contributed by atoms with Gasteiger partial charge in [-0.25, -0.2) is 4.57 Å². The van der Waals surface area contributed by atoms with Gasteiger partial charge in [0.05, 0.1) is 12.2 Å². The molecule has 1 aliphatic rings. The van der Waals surface area contributed by atoms with Gasteiger partial charge < -0.3 is 14.5 Å². The molecule has 0 aliphatic carbocycles. The van der Waals surface area contributed by atoms with Crippen molar-refractivity contribution in [1.82, 2.24) is 0 Å². The molecule has 7 heteroatoms. The first kappa shape index (κ1) is 12.2. The van der Waals surface area contributed by atoms with Gasteiger partial charge in [-0.1, -0.05) is 13.8 Å². The van der Waals surface area contributed by atoms with E-state index in [0.29, 0.717) is 6.42 Å². The van der Waals surface area contributed by atoms with E-state index in [0.717, 1.165) is 0 Å². The first-order valence-corrected chi connectivity index (χ1v) is 5.97. The van der Waals surface area contributed by atoms with E-state index in [-0.39, 0.29) is 12.0 Å². The molecule has 0 spiro atoms. The lowest BCUT2D eigenvalue weighted by atomic mass is 9.94. The third-order valence-corrected chi connectivity index (χ3v) is 2.64. The number of phosphoric ester groups is 1. The minimum atomic E-state index is -4.45. The van der Waals surface area contributed by atoms with Crippen LogP contribution < -0.4 is 0 Å². The fourth-order valence-electron chi connectivity index (χ4n) is 1.57. The van der Waals surface area contributed by atoms with Crippen LogP contribution in [0.4, 0.5) is 0 Å². The largest absolute Gasteiger partial charge is 0.469 e. The van der Waals surface area contributed by atoms with Crippen molar-refractivity contribution < 1.29 is 23.6 Å². The predicted molar refractivity (Wildman–Crippen MR) is 50.8 cm³/mol. The van der Waals surface area contributed by atoms with Crippen LogP contribution in [0, 0.1) is 5.92 Å². The summed E-state index contributed by atoms with van der Waals surface area (Å²) >= 11 is 0. The number of ether oxygens (including phenoxy) is 1. The Kier molecular flexibility index (Phi) is 3.78. The molecule has 1 heterocycles. The van der Waals surface area contributed by atoms with Gasteiger partial charge >= 0.3 is 7.82 Å². The van der Waals surface area contributed by atoms with E-state index in [1.165, 1.54) is 0 Å². The minimum Gasteiger partial charge on any atom is -0.382 e. The smallest absolute Gasteiger partial charge is 0.382 e. The molecule has 1 fully saturated rings. The van der Waals surface area contributed by atoms with Crippen molar-refractivity contribution in [3.05, 3.63) is 0 Å². The summed E-state index contributed by atoms with van der Waals surface area (Å²) in [5.41, 5.74) is 0. The van der Waals surface area contributed by atoms with Crippen molar-refractivity contribution in [2.24, 2.45) is 5.92 Å². The van der Waals surface area contributed by atoms with Gasteiger partial charge in [-0.05, 0) is 12.3 Å². The van der Waals surface area contributed by atoms with Gasteiger partial charge in [0.2, 0.25) is 0 Å². The summed E-state index contributed by atoms with van der Waals surface area (Å²) in [5, 5.41) is 0. The summed E-state index contributed by atoms with van der Waals surface area (Å²) in [7, 11) is 1.06. The average molecular weight is 220 g/mol. The Labute approximate surface area is 84.4 Å². The predicted octanol–water partition coefficient (Wildman–Crippen LogP) is 0.404. The Balaban J connectivity index is 2.62. The van der Waals surface area contributed by atoms with Crippen molar-refractivity contribution in [3.63, 3.8) is 0 Å². The lowest BCUT2D eigenvalue weighted by molar-refractivity contribution is 0.00244. The average Bonchev–Trinajstić information content (AvgIpc) is 2.27. The van der Waals surface area contributed by atoms with E-state index in [1.54, 1.807) is 0 Å². The van der Waals surface area contributed by atoms with Gasteiger partial charge in [-0.15, -0.1) is 0 Å². The molecular weight excluding hydrogens is 206 g/mol. The molecule has 1 rings (SSSR count). The molecule has 2 N–H and O–H groups in total. The molecule has 80 valence electrons. The Hall–Kier alpha value is 0.135. The molecule has 0 aromatic rings. The molecule has 14 heavy (non-hydrogen) atoms. The SMILES string of the molecule is [B]C1CC(OP(=O)(O)O)C(C(C)C)O1. The van der Waals surface area contributed by atoms with Crippen LogP contribution in [-0.2, 0) is 13.8 Å². The Morgan fingerprint density at radius 1 is 1.57 bits per heavy atom. The van der Waals surface area contributed by atoms with Crippen molar-refractivity contribution in [2.45, 2.75) is 38.5 Å². The second-order valence-corrected chi connectivity index (χ2v) is 4.95. The maximum Gasteiger partial charge on any atom is 0.469 e. The summed E-state index contributed by atoms with van der Waals surface area (Å²) in [4.78, 5) is 17.3. The molecule has 0 amide bonds. The van der Waals surface area contributed by atoms with Crippen LogP contribution in [0.5, 0.6) is 0 Å². The Morgan fingerprint density at radius 2 is 2.14 bits per heavy atom. The Morgan fingerprint density at radius 3 is 2.57 bits per heavy atom. The van der Waals surface area contributed by atoms with Crippen molar-refractivity contribution >= 4 is 15.7 Å². The van der Waals surface area contributed by atoms with Crippen molar-refractivity contribution in [3.8, 4) is 0 Å². The molecule has 5 nitrogen and oxygen atoms in total. The third kappa shape index (κ3) is 3.37. The molecule has 0 aromatic heterocycles. The van der Waals surface area contributed by atoms with E-state index >= 15 is 0 Å². The summed E-state index contributed by atoms with van der Waals surface area (Å²) < 4.78 is 20.5. The van der Waals surface area contributed by atoms with Gasteiger partial charge in [-0.3, -0.25) is 4.52 Å².